The Balaban J connectivity index is 2.94. The first-order valence-electron chi connectivity index (χ1n) is 6.24. The third kappa shape index (κ3) is 3.25. The standard InChI is InChI=1S/C14H18ClN3O/c1-3-14(4-2,9-17)13(19)18-11-6-5-10(8-16)12(15)7-11/h5-7H,3-4,9,17H2,1-2H3,(H,18,19). The Morgan fingerprint density at radius 1 is 1.47 bits per heavy atom. The van der Waals surface area contributed by atoms with Crippen LogP contribution in [0.15, 0.2) is 18.2 Å². The van der Waals surface area contributed by atoms with Crippen LogP contribution in [0.1, 0.15) is 32.3 Å². The lowest BCUT2D eigenvalue weighted by Crippen LogP contribution is -2.41. The first-order valence-corrected chi connectivity index (χ1v) is 6.62. The molecule has 0 heterocycles. The highest BCUT2D eigenvalue weighted by molar-refractivity contribution is 6.32. The number of hydrogen-bond donors (Lipinski definition) is 2. The summed E-state index contributed by atoms with van der Waals surface area (Å²) < 4.78 is 0. The van der Waals surface area contributed by atoms with Gasteiger partial charge in [0, 0.05) is 12.2 Å². The fourth-order valence-corrected chi connectivity index (χ4v) is 2.12. The molecule has 102 valence electrons. The van der Waals surface area contributed by atoms with Crippen LogP contribution in [0.2, 0.25) is 5.02 Å². The second-order valence-corrected chi connectivity index (χ2v) is 4.86. The third-order valence-corrected chi connectivity index (χ3v) is 3.89. The number of carbonyl (C=O) groups is 1. The first-order chi connectivity index (χ1) is 9.02. The Morgan fingerprint density at radius 3 is 2.53 bits per heavy atom. The minimum atomic E-state index is -0.555. The van der Waals surface area contributed by atoms with Gasteiger partial charge in [0.15, 0.2) is 0 Å². The van der Waals surface area contributed by atoms with Gasteiger partial charge in [0.1, 0.15) is 6.07 Å². The molecule has 1 amide bonds. The highest BCUT2D eigenvalue weighted by atomic mass is 35.5. The molecule has 0 unspecified atom stereocenters. The monoisotopic (exact) mass is 279 g/mol. The predicted molar refractivity (Wildman–Crippen MR) is 76.9 cm³/mol. The molecular formula is C14H18ClN3O. The average Bonchev–Trinajstić information content (AvgIpc) is 2.41. The fourth-order valence-electron chi connectivity index (χ4n) is 1.90. The average molecular weight is 280 g/mol. The van der Waals surface area contributed by atoms with E-state index in [4.69, 9.17) is 22.6 Å². The molecule has 0 aliphatic carbocycles. The van der Waals surface area contributed by atoms with Crippen molar-refractivity contribution >= 4 is 23.2 Å². The lowest BCUT2D eigenvalue weighted by Gasteiger charge is -2.28. The molecule has 0 aromatic heterocycles. The van der Waals surface area contributed by atoms with Crippen LogP contribution in [-0.2, 0) is 4.79 Å². The Morgan fingerprint density at radius 2 is 2.11 bits per heavy atom. The van der Waals surface area contributed by atoms with Crippen molar-refractivity contribution < 1.29 is 4.79 Å². The summed E-state index contributed by atoms with van der Waals surface area (Å²) in [6.07, 6.45) is 1.35. The smallest absolute Gasteiger partial charge is 0.231 e. The molecule has 0 spiro atoms. The van der Waals surface area contributed by atoms with E-state index in [9.17, 15) is 4.79 Å². The molecule has 0 atom stereocenters. The van der Waals surface area contributed by atoms with Gasteiger partial charge in [-0.3, -0.25) is 4.79 Å². The number of nitrogens with two attached hydrogens (primary N) is 1. The minimum Gasteiger partial charge on any atom is -0.329 e. The van der Waals surface area contributed by atoms with Crippen LogP contribution < -0.4 is 11.1 Å². The van der Waals surface area contributed by atoms with Crippen LogP contribution >= 0.6 is 11.6 Å². The number of nitrogens with zero attached hydrogens (tertiary/aromatic N) is 1. The maximum atomic E-state index is 12.3. The maximum absolute atomic E-state index is 12.3. The van der Waals surface area contributed by atoms with Crippen LogP contribution in [0.4, 0.5) is 5.69 Å². The zero-order valence-electron chi connectivity index (χ0n) is 11.2. The molecule has 1 aromatic carbocycles. The summed E-state index contributed by atoms with van der Waals surface area (Å²) in [5.74, 6) is -0.110. The molecular weight excluding hydrogens is 262 g/mol. The van der Waals surface area contributed by atoms with E-state index in [0.717, 1.165) is 0 Å². The molecule has 1 aromatic rings. The lowest BCUT2D eigenvalue weighted by atomic mass is 9.81. The van der Waals surface area contributed by atoms with Gasteiger partial charge in [-0.2, -0.15) is 5.26 Å². The van der Waals surface area contributed by atoms with E-state index in [1.165, 1.54) is 0 Å². The molecule has 0 saturated carbocycles. The van der Waals surface area contributed by atoms with Crippen LogP contribution in [-0.4, -0.2) is 12.5 Å². The molecule has 5 heteroatoms. The minimum absolute atomic E-state index is 0.110. The van der Waals surface area contributed by atoms with Crippen molar-refractivity contribution in [3.8, 4) is 6.07 Å². The number of benzene rings is 1. The van der Waals surface area contributed by atoms with Crippen molar-refractivity contribution in [3.63, 3.8) is 0 Å². The van der Waals surface area contributed by atoms with Crippen molar-refractivity contribution in [2.45, 2.75) is 26.7 Å². The summed E-state index contributed by atoms with van der Waals surface area (Å²) in [6.45, 7) is 4.19. The third-order valence-electron chi connectivity index (χ3n) is 3.57. The SMILES string of the molecule is CCC(CC)(CN)C(=O)Nc1ccc(C#N)c(Cl)c1. The van der Waals surface area contributed by atoms with Crippen LogP contribution in [0, 0.1) is 16.7 Å². The van der Waals surface area contributed by atoms with Crippen LogP contribution in [0.25, 0.3) is 0 Å². The Hall–Kier alpha value is -1.57. The van der Waals surface area contributed by atoms with Crippen molar-refractivity contribution in [2.75, 3.05) is 11.9 Å². The molecule has 0 saturated heterocycles. The number of carbonyl (C=O) groups excluding carboxylic acids is 1. The predicted octanol–water partition coefficient (Wildman–Crippen LogP) is 2.92. The molecule has 4 nitrogen and oxygen atoms in total. The number of hydrogen-bond acceptors (Lipinski definition) is 3. The summed E-state index contributed by atoms with van der Waals surface area (Å²) in [7, 11) is 0. The Bertz CT molecular complexity index is 496. The molecule has 1 rings (SSSR count). The van der Waals surface area contributed by atoms with E-state index in [1.807, 2.05) is 19.9 Å². The Labute approximate surface area is 118 Å². The van der Waals surface area contributed by atoms with Gasteiger partial charge in [-0.05, 0) is 31.0 Å². The number of amides is 1. The van der Waals surface area contributed by atoms with Crippen LogP contribution in [0.3, 0.4) is 0 Å². The highest BCUT2D eigenvalue weighted by Crippen LogP contribution is 2.28. The van der Waals surface area contributed by atoms with Gasteiger partial charge < -0.3 is 11.1 Å². The van der Waals surface area contributed by atoms with Crippen molar-refractivity contribution in [2.24, 2.45) is 11.1 Å². The van der Waals surface area contributed by atoms with E-state index in [0.29, 0.717) is 35.7 Å². The topological polar surface area (TPSA) is 78.9 Å². The van der Waals surface area contributed by atoms with Crippen molar-refractivity contribution in [1.82, 2.24) is 0 Å². The fraction of sp³-hybridized carbons (Fsp3) is 0.429. The number of anilines is 1. The number of rotatable bonds is 5. The van der Waals surface area contributed by atoms with Gasteiger partial charge in [0.25, 0.3) is 0 Å². The largest absolute Gasteiger partial charge is 0.329 e. The normalized spacial score (nSPS) is 10.9. The number of nitrogens with one attached hydrogen (secondary N) is 1. The van der Waals surface area contributed by atoms with E-state index >= 15 is 0 Å². The van der Waals surface area contributed by atoms with E-state index < -0.39 is 5.41 Å². The summed E-state index contributed by atoms with van der Waals surface area (Å²) in [4.78, 5) is 12.3. The summed E-state index contributed by atoms with van der Waals surface area (Å²) in [6, 6.07) is 6.79. The zero-order chi connectivity index (χ0) is 14.5. The van der Waals surface area contributed by atoms with E-state index in [2.05, 4.69) is 5.32 Å². The van der Waals surface area contributed by atoms with E-state index in [1.54, 1.807) is 18.2 Å². The van der Waals surface area contributed by atoms with Crippen molar-refractivity contribution in [1.29, 1.82) is 5.26 Å². The van der Waals surface area contributed by atoms with Gasteiger partial charge in [0.2, 0.25) is 5.91 Å². The highest BCUT2D eigenvalue weighted by Gasteiger charge is 2.33. The number of halogens is 1. The van der Waals surface area contributed by atoms with Crippen LogP contribution in [0.5, 0.6) is 0 Å². The molecule has 0 aliphatic heterocycles. The molecule has 0 bridgehead atoms. The Kier molecular flexibility index (Phi) is 5.34. The van der Waals surface area contributed by atoms with Gasteiger partial charge >= 0.3 is 0 Å². The van der Waals surface area contributed by atoms with Gasteiger partial charge in [0.05, 0.1) is 16.0 Å². The summed E-state index contributed by atoms with van der Waals surface area (Å²) in [5.41, 5.74) is 6.14. The second-order valence-electron chi connectivity index (χ2n) is 4.45. The zero-order valence-corrected chi connectivity index (χ0v) is 11.9. The van der Waals surface area contributed by atoms with Gasteiger partial charge in [-0.1, -0.05) is 25.4 Å². The van der Waals surface area contributed by atoms with Gasteiger partial charge in [-0.15, -0.1) is 0 Å². The lowest BCUT2D eigenvalue weighted by molar-refractivity contribution is -0.125. The second kappa shape index (κ2) is 6.55. The maximum Gasteiger partial charge on any atom is 0.231 e. The molecule has 0 radical (unpaired) electrons. The quantitative estimate of drug-likeness (QED) is 0.870. The molecule has 0 aliphatic rings. The summed E-state index contributed by atoms with van der Waals surface area (Å²) in [5, 5.41) is 11.9. The molecule has 0 fully saturated rings. The van der Waals surface area contributed by atoms with E-state index in [-0.39, 0.29) is 5.91 Å². The molecule has 3 N–H and O–H groups in total. The molecule has 19 heavy (non-hydrogen) atoms. The summed E-state index contributed by atoms with van der Waals surface area (Å²) >= 11 is 5.93. The van der Waals surface area contributed by atoms with Crippen molar-refractivity contribution in [3.05, 3.63) is 28.8 Å². The number of nitriles is 1. The van der Waals surface area contributed by atoms with Gasteiger partial charge in [-0.25, -0.2) is 0 Å². The first kappa shape index (κ1) is 15.5.